The number of benzene rings is 3. The lowest BCUT2D eigenvalue weighted by molar-refractivity contribution is -0.219. The van der Waals surface area contributed by atoms with Crippen molar-refractivity contribution in [1.29, 1.82) is 0 Å². The molecule has 3 heterocycles. The number of hydrogen-bond acceptors (Lipinski definition) is 5. The number of aliphatic hydroxyl groups excluding tert-OH is 1. The standard InChI is InChI=1S/C27H26N2O4/c30-25-27(16-32-26(31)33-27)21-9-1-2-10-22(21)29(25)19-11-13-28(14-12-19)23-15-18-7-3-5-17-6-4-8-20(23)24(17)18/h1-10,19,23,26,31H,11-16H2. The van der Waals surface area contributed by atoms with Gasteiger partial charge in [0.1, 0.15) is 0 Å². The third kappa shape index (κ3) is 2.72. The molecule has 1 amide bonds. The van der Waals surface area contributed by atoms with E-state index in [0.717, 1.165) is 43.6 Å². The fourth-order valence-corrected chi connectivity index (χ4v) is 6.49. The number of rotatable bonds is 2. The Balaban J connectivity index is 1.14. The summed E-state index contributed by atoms with van der Waals surface area (Å²) in [5.74, 6) is -0.114. The van der Waals surface area contributed by atoms with Gasteiger partial charge in [0, 0.05) is 30.7 Å². The number of piperidine rings is 1. The number of carbonyl (C=O) groups is 1. The average molecular weight is 443 g/mol. The molecule has 3 aliphatic heterocycles. The summed E-state index contributed by atoms with van der Waals surface area (Å²) in [7, 11) is 0. The van der Waals surface area contributed by atoms with Gasteiger partial charge in [0.05, 0.1) is 12.3 Å². The number of carbonyl (C=O) groups excluding carboxylic acids is 1. The number of hydrogen-bond donors (Lipinski definition) is 1. The van der Waals surface area contributed by atoms with E-state index in [0.29, 0.717) is 6.04 Å². The minimum Gasteiger partial charge on any atom is -0.346 e. The zero-order valence-corrected chi connectivity index (χ0v) is 18.3. The summed E-state index contributed by atoms with van der Waals surface area (Å²) < 4.78 is 10.9. The maximum Gasteiger partial charge on any atom is 0.270 e. The molecule has 33 heavy (non-hydrogen) atoms. The predicted molar refractivity (Wildman–Crippen MR) is 124 cm³/mol. The van der Waals surface area contributed by atoms with Crippen LogP contribution in [0.25, 0.3) is 10.8 Å². The molecule has 3 atom stereocenters. The predicted octanol–water partition coefficient (Wildman–Crippen LogP) is 3.47. The second kappa shape index (κ2) is 7.11. The Morgan fingerprint density at radius 1 is 0.970 bits per heavy atom. The molecule has 0 aromatic heterocycles. The number of likely N-dealkylation sites (tertiary alicyclic amines) is 1. The van der Waals surface area contributed by atoms with Crippen molar-refractivity contribution in [2.75, 3.05) is 24.6 Å². The molecule has 4 aliphatic rings. The van der Waals surface area contributed by atoms with Gasteiger partial charge in [-0.05, 0) is 47.2 Å². The lowest BCUT2D eigenvalue weighted by atomic mass is 9.96. The van der Waals surface area contributed by atoms with Crippen LogP contribution in [0.4, 0.5) is 5.69 Å². The number of amides is 1. The van der Waals surface area contributed by atoms with Gasteiger partial charge in [0.25, 0.3) is 12.4 Å². The summed E-state index contributed by atoms with van der Waals surface area (Å²) >= 11 is 0. The zero-order chi connectivity index (χ0) is 22.2. The van der Waals surface area contributed by atoms with Crippen LogP contribution in [0.3, 0.4) is 0 Å². The summed E-state index contributed by atoms with van der Waals surface area (Å²) in [4.78, 5) is 18.1. The molecular weight excluding hydrogens is 416 g/mol. The number of ether oxygens (including phenoxy) is 2. The van der Waals surface area contributed by atoms with E-state index in [4.69, 9.17) is 9.47 Å². The second-order valence-corrected chi connectivity index (χ2v) is 9.60. The van der Waals surface area contributed by atoms with Crippen molar-refractivity contribution in [2.45, 2.75) is 43.4 Å². The maximum atomic E-state index is 13.6. The maximum absolute atomic E-state index is 13.6. The quantitative estimate of drug-likeness (QED) is 0.659. The largest absolute Gasteiger partial charge is 0.346 e. The topological polar surface area (TPSA) is 62.2 Å². The van der Waals surface area contributed by atoms with E-state index in [-0.39, 0.29) is 18.6 Å². The van der Waals surface area contributed by atoms with Crippen molar-refractivity contribution in [3.05, 3.63) is 77.4 Å². The van der Waals surface area contributed by atoms with Crippen molar-refractivity contribution < 1.29 is 19.4 Å². The minimum atomic E-state index is -1.37. The van der Waals surface area contributed by atoms with Crippen LogP contribution in [-0.2, 0) is 26.3 Å². The van der Waals surface area contributed by atoms with E-state index in [1.54, 1.807) is 0 Å². The molecule has 1 N–H and O–H groups in total. The molecule has 2 fully saturated rings. The number of anilines is 1. The molecule has 7 rings (SSSR count). The number of aliphatic hydroxyl groups is 1. The Morgan fingerprint density at radius 3 is 2.55 bits per heavy atom. The van der Waals surface area contributed by atoms with E-state index in [9.17, 15) is 9.90 Å². The van der Waals surface area contributed by atoms with E-state index < -0.39 is 12.1 Å². The van der Waals surface area contributed by atoms with Gasteiger partial charge in [0.2, 0.25) is 5.60 Å². The van der Waals surface area contributed by atoms with Crippen LogP contribution in [0.2, 0.25) is 0 Å². The van der Waals surface area contributed by atoms with Crippen molar-refractivity contribution in [2.24, 2.45) is 0 Å². The SMILES string of the molecule is O=C1N(C2CCN(C3Cc4cccc5cccc3c45)CC2)c2ccccc2C12COC(O)O2. The molecule has 0 radical (unpaired) electrons. The number of fused-ring (bicyclic) bond motifs is 2. The molecule has 1 aliphatic carbocycles. The van der Waals surface area contributed by atoms with Gasteiger partial charge >= 0.3 is 0 Å². The Hall–Kier alpha value is -2.77. The fraction of sp³-hybridized carbons (Fsp3) is 0.370. The lowest BCUT2D eigenvalue weighted by Gasteiger charge is -2.40. The molecule has 3 unspecified atom stereocenters. The fourth-order valence-electron chi connectivity index (χ4n) is 6.49. The molecule has 3 aromatic carbocycles. The Kier molecular flexibility index (Phi) is 4.24. The van der Waals surface area contributed by atoms with Crippen LogP contribution >= 0.6 is 0 Å². The molecular formula is C27H26N2O4. The van der Waals surface area contributed by atoms with Crippen molar-refractivity contribution in [1.82, 2.24) is 4.90 Å². The molecule has 6 heteroatoms. The van der Waals surface area contributed by atoms with Crippen molar-refractivity contribution in [3.63, 3.8) is 0 Å². The summed E-state index contributed by atoms with van der Waals surface area (Å²) in [5.41, 5.74) is 3.34. The van der Waals surface area contributed by atoms with E-state index in [1.807, 2.05) is 29.2 Å². The van der Waals surface area contributed by atoms with Crippen LogP contribution in [0.15, 0.2) is 60.7 Å². The van der Waals surface area contributed by atoms with Crippen molar-refractivity contribution >= 4 is 22.4 Å². The molecule has 168 valence electrons. The average Bonchev–Trinajstić information content (AvgIpc) is 3.49. The van der Waals surface area contributed by atoms with Gasteiger partial charge < -0.3 is 19.5 Å². The van der Waals surface area contributed by atoms with Crippen LogP contribution in [-0.4, -0.2) is 48.1 Å². The van der Waals surface area contributed by atoms with Crippen LogP contribution < -0.4 is 4.90 Å². The first-order chi connectivity index (χ1) is 16.2. The first kappa shape index (κ1) is 19.7. The first-order valence-corrected chi connectivity index (χ1v) is 11.8. The highest BCUT2D eigenvalue weighted by atomic mass is 16.8. The molecule has 3 aromatic rings. The second-order valence-electron chi connectivity index (χ2n) is 9.60. The third-order valence-corrected chi connectivity index (χ3v) is 7.99. The van der Waals surface area contributed by atoms with Gasteiger partial charge in [0.15, 0.2) is 0 Å². The van der Waals surface area contributed by atoms with Crippen molar-refractivity contribution in [3.8, 4) is 0 Å². The van der Waals surface area contributed by atoms with Crippen LogP contribution in [0.1, 0.15) is 35.6 Å². The third-order valence-electron chi connectivity index (χ3n) is 7.99. The Morgan fingerprint density at radius 2 is 1.76 bits per heavy atom. The number of nitrogens with zero attached hydrogens (tertiary/aromatic N) is 2. The van der Waals surface area contributed by atoms with E-state index in [2.05, 4.69) is 41.3 Å². The minimum absolute atomic E-state index is 0.0453. The summed E-state index contributed by atoms with van der Waals surface area (Å²) in [6, 6.07) is 21.6. The summed E-state index contributed by atoms with van der Waals surface area (Å²) in [6.45, 7) is 0.566. The summed E-state index contributed by atoms with van der Waals surface area (Å²) in [6.07, 6.45) is 2.86. The normalized spacial score (nSPS) is 29.5. The van der Waals surface area contributed by atoms with E-state index in [1.165, 1.54) is 21.9 Å². The monoisotopic (exact) mass is 442 g/mol. The van der Waals surface area contributed by atoms with Gasteiger partial charge in [-0.2, -0.15) is 0 Å². The molecule has 6 nitrogen and oxygen atoms in total. The number of para-hydroxylation sites is 1. The summed E-state index contributed by atoms with van der Waals surface area (Å²) in [5, 5.41) is 12.6. The highest BCUT2D eigenvalue weighted by Crippen LogP contribution is 2.48. The van der Waals surface area contributed by atoms with Crippen LogP contribution in [0.5, 0.6) is 0 Å². The smallest absolute Gasteiger partial charge is 0.270 e. The highest BCUT2D eigenvalue weighted by molar-refractivity contribution is 6.07. The van der Waals surface area contributed by atoms with E-state index >= 15 is 0 Å². The van der Waals surface area contributed by atoms with Crippen LogP contribution in [0, 0.1) is 0 Å². The first-order valence-electron chi connectivity index (χ1n) is 11.8. The molecule has 0 bridgehead atoms. The molecule has 0 saturated carbocycles. The van der Waals surface area contributed by atoms with Gasteiger partial charge in [-0.15, -0.1) is 0 Å². The zero-order valence-electron chi connectivity index (χ0n) is 18.3. The molecule has 1 spiro atoms. The highest BCUT2D eigenvalue weighted by Gasteiger charge is 2.58. The lowest BCUT2D eigenvalue weighted by Crippen LogP contribution is -2.51. The molecule has 2 saturated heterocycles. The van der Waals surface area contributed by atoms with Gasteiger partial charge in [-0.3, -0.25) is 9.69 Å². The van der Waals surface area contributed by atoms with Gasteiger partial charge in [-0.1, -0.05) is 54.6 Å². The Bertz CT molecular complexity index is 1260. The Labute approximate surface area is 192 Å². The van der Waals surface area contributed by atoms with Gasteiger partial charge in [-0.25, -0.2) is 0 Å².